The molecule has 9 aromatic rings. The van der Waals surface area contributed by atoms with Gasteiger partial charge in [-0.3, -0.25) is 0 Å². The average molecular weight is 792 g/mol. The van der Waals surface area contributed by atoms with E-state index in [9.17, 15) is 0 Å². The highest BCUT2D eigenvalue weighted by Gasteiger charge is 2.53. The third-order valence-corrected chi connectivity index (χ3v) is 15.4. The predicted molar refractivity (Wildman–Crippen MR) is 256 cm³/mol. The quantitative estimate of drug-likeness (QED) is 0.168. The molecule has 1 nitrogen and oxygen atoms in total. The Kier molecular flexibility index (Phi) is 7.67. The van der Waals surface area contributed by atoms with Gasteiger partial charge >= 0.3 is 0 Å². The molecule has 0 bridgehead atoms. The van der Waals surface area contributed by atoms with Gasteiger partial charge in [0.1, 0.15) is 0 Å². The summed E-state index contributed by atoms with van der Waals surface area (Å²) in [6.07, 6.45) is 4.43. The van der Waals surface area contributed by atoms with E-state index in [1.165, 1.54) is 89.3 Å². The van der Waals surface area contributed by atoms with Gasteiger partial charge in [-0.15, -0.1) is 0 Å². The fourth-order valence-electron chi connectivity index (χ4n) is 12.8. The van der Waals surface area contributed by atoms with Crippen molar-refractivity contribution in [1.82, 2.24) is 0 Å². The number of hydrogen-bond donors (Lipinski definition) is 0. The van der Waals surface area contributed by atoms with Crippen LogP contribution in [0.1, 0.15) is 70.2 Å². The Bertz CT molecular complexity index is 3100. The summed E-state index contributed by atoms with van der Waals surface area (Å²) in [5.41, 5.74) is 22.4. The maximum atomic E-state index is 2.58. The SMILES string of the molecule is c1ccc(N(c2ccc3c(c2)C2(CCC4(CC2)c2ccccc2-c2ccccc24)c2ccccc2-3)c2cccc3c2-c2ccccc2C3(c2ccccc2)c2ccccc2)cc1. The van der Waals surface area contributed by atoms with Gasteiger partial charge in [-0.2, -0.15) is 0 Å². The Balaban J connectivity index is 1.01. The van der Waals surface area contributed by atoms with E-state index in [4.69, 9.17) is 0 Å². The Morgan fingerprint density at radius 1 is 0.290 bits per heavy atom. The smallest absolute Gasteiger partial charge is 0.0714 e. The highest BCUT2D eigenvalue weighted by molar-refractivity contribution is 5.98. The molecule has 4 aliphatic carbocycles. The summed E-state index contributed by atoms with van der Waals surface area (Å²) in [7, 11) is 0. The molecule has 4 aliphatic rings. The molecule has 0 amide bonds. The molecule has 1 saturated carbocycles. The van der Waals surface area contributed by atoms with Crippen molar-refractivity contribution in [2.45, 2.75) is 41.9 Å². The van der Waals surface area contributed by atoms with Crippen molar-refractivity contribution in [3.05, 3.63) is 269 Å². The Morgan fingerprint density at radius 2 is 0.710 bits per heavy atom. The van der Waals surface area contributed by atoms with Gasteiger partial charge in [0.15, 0.2) is 0 Å². The van der Waals surface area contributed by atoms with Crippen LogP contribution in [0.25, 0.3) is 33.4 Å². The number of anilines is 3. The van der Waals surface area contributed by atoms with Gasteiger partial charge in [-0.25, -0.2) is 0 Å². The number of benzene rings is 9. The van der Waals surface area contributed by atoms with E-state index in [-0.39, 0.29) is 10.8 Å². The van der Waals surface area contributed by atoms with Crippen LogP contribution in [0.3, 0.4) is 0 Å². The molecule has 0 aromatic heterocycles. The van der Waals surface area contributed by atoms with Crippen LogP contribution in [0.4, 0.5) is 17.1 Å². The second-order valence-electron chi connectivity index (χ2n) is 17.9. The number of fused-ring (bicyclic) bond motifs is 13. The standard InChI is InChI=1S/C61H45N/c1-4-19-42(20-5-1)61(43-21-6-2-7-22-43)54-32-17-13-28-50(54)58-55(61)33-18-34-57(58)62(44-23-8-3-9-24-44)45-35-36-49-48-27-12-16-31-53(48)60(56(49)41-45)39-37-59(38-40-60)51-29-14-10-25-46(51)47-26-11-15-30-52(47)59/h1-36,41H,37-40H2. The summed E-state index contributed by atoms with van der Waals surface area (Å²) < 4.78 is 0. The van der Waals surface area contributed by atoms with Gasteiger partial charge < -0.3 is 4.90 Å². The Labute approximate surface area is 364 Å². The normalized spacial score (nSPS) is 16.2. The van der Waals surface area contributed by atoms with Crippen molar-refractivity contribution in [1.29, 1.82) is 0 Å². The van der Waals surface area contributed by atoms with Gasteiger partial charge in [0.25, 0.3) is 0 Å². The summed E-state index contributed by atoms with van der Waals surface area (Å²) >= 11 is 0. The lowest BCUT2D eigenvalue weighted by Gasteiger charge is -2.45. The van der Waals surface area contributed by atoms with E-state index in [1.54, 1.807) is 0 Å². The monoisotopic (exact) mass is 791 g/mol. The fourth-order valence-corrected chi connectivity index (χ4v) is 12.8. The summed E-state index contributed by atoms with van der Waals surface area (Å²) in [6.45, 7) is 0. The second kappa shape index (κ2) is 13.4. The molecular weight excluding hydrogens is 747 g/mol. The third kappa shape index (κ3) is 4.69. The van der Waals surface area contributed by atoms with Crippen LogP contribution < -0.4 is 4.90 Å². The summed E-state index contributed by atoms with van der Waals surface area (Å²) in [6, 6.07) is 84.7. The lowest BCUT2D eigenvalue weighted by atomic mass is 9.57. The molecule has 1 fully saturated rings. The van der Waals surface area contributed by atoms with Crippen LogP contribution in [-0.2, 0) is 16.2 Å². The molecular formula is C61H45N. The molecule has 1 heteroatoms. The molecule has 0 heterocycles. The first kappa shape index (κ1) is 35.5. The second-order valence-corrected chi connectivity index (χ2v) is 17.9. The van der Waals surface area contributed by atoms with E-state index in [0.717, 1.165) is 31.4 Å². The molecule has 0 radical (unpaired) electrons. The van der Waals surface area contributed by atoms with Gasteiger partial charge in [0.2, 0.25) is 0 Å². The average Bonchev–Trinajstić information content (AvgIpc) is 3.91. The lowest BCUT2D eigenvalue weighted by molar-refractivity contribution is 0.265. The van der Waals surface area contributed by atoms with Crippen LogP contribution >= 0.6 is 0 Å². The zero-order chi connectivity index (χ0) is 40.9. The van der Waals surface area contributed by atoms with Gasteiger partial charge in [0.05, 0.1) is 11.1 Å². The molecule has 0 atom stereocenters. The van der Waals surface area contributed by atoms with E-state index < -0.39 is 5.41 Å². The number of nitrogens with zero attached hydrogens (tertiary/aromatic N) is 1. The first-order valence-electron chi connectivity index (χ1n) is 22.4. The number of para-hydroxylation sites is 1. The van der Waals surface area contributed by atoms with Crippen molar-refractivity contribution in [3.8, 4) is 33.4 Å². The van der Waals surface area contributed by atoms with Gasteiger partial charge in [-0.05, 0) is 128 Å². The Hall–Kier alpha value is -7.22. The van der Waals surface area contributed by atoms with E-state index in [2.05, 4.69) is 229 Å². The highest BCUT2D eigenvalue weighted by atomic mass is 15.1. The largest absolute Gasteiger partial charge is 0.310 e. The zero-order valence-electron chi connectivity index (χ0n) is 34.6. The molecule has 0 saturated heterocycles. The van der Waals surface area contributed by atoms with Crippen molar-refractivity contribution in [2.24, 2.45) is 0 Å². The lowest BCUT2D eigenvalue weighted by Crippen LogP contribution is -2.39. The predicted octanol–water partition coefficient (Wildman–Crippen LogP) is 15.3. The molecule has 9 aromatic carbocycles. The Morgan fingerprint density at radius 3 is 1.26 bits per heavy atom. The van der Waals surface area contributed by atoms with Crippen LogP contribution in [0.2, 0.25) is 0 Å². The topological polar surface area (TPSA) is 3.24 Å². The third-order valence-electron chi connectivity index (χ3n) is 15.4. The zero-order valence-corrected chi connectivity index (χ0v) is 34.6. The molecule has 0 unspecified atom stereocenters. The first-order chi connectivity index (χ1) is 30.7. The van der Waals surface area contributed by atoms with Gasteiger partial charge in [0, 0.05) is 27.8 Å². The van der Waals surface area contributed by atoms with E-state index in [1.807, 2.05) is 0 Å². The van der Waals surface area contributed by atoms with Crippen LogP contribution in [-0.4, -0.2) is 0 Å². The number of hydrogen-bond acceptors (Lipinski definition) is 1. The first-order valence-corrected chi connectivity index (χ1v) is 22.4. The number of rotatable bonds is 5. The molecule has 13 rings (SSSR count). The minimum atomic E-state index is -0.480. The van der Waals surface area contributed by atoms with Crippen molar-refractivity contribution in [3.63, 3.8) is 0 Å². The van der Waals surface area contributed by atoms with Gasteiger partial charge in [-0.1, -0.05) is 194 Å². The van der Waals surface area contributed by atoms with Crippen molar-refractivity contribution >= 4 is 17.1 Å². The molecule has 2 spiro atoms. The van der Waals surface area contributed by atoms with Crippen LogP contribution in [0.5, 0.6) is 0 Å². The van der Waals surface area contributed by atoms with E-state index in [0.29, 0.717) is 0 Å². The molecule has 0 N–H and O–H groups in total. The van der Waals surface area contributed by atoms with Crippen molar-refractivity contribution < 1.29 is 0 Å². The maximum Gasteiger partial charge on any atom is 0.0714 e. The fraction of sp³-hybridized carbons (Fsp3) is 0.115. The summed E-state index contributed by atoms with van der Waals surface area (Å²) in [5, 5.41) is 0. The summed E-state index contributed by atoms with van der Waals surface area (Å²) in [5.74, 6) is 0. The molecule has 0 aliphatic heterocycles. The van der Waals surface area contributed by atoms with E-state index >= 15 is 0 Å². The van der Waals surface area contributed by atoms with Crippen molar-refractivity contribution in [2.75, 3.05) is 4.90 Å². The van der Waals surface area contributed by atoms with Crippen LogP contribution in [0, 0.1) is 0 Å². The maximum absolute atomic E-state index is 2.58. The minimum Gasteiger partial charge on any atom is -0.310 e. The molecule has 62 heavy (non-hydrogen) atoms. The van der Waals surface area contributed by atoms with Crippen LogP contribution in [0.15, 0.2) is 224 Å². The summed E-state index contributed by atoms with van der Waals surface area (Å²) in [4.78, 5) is 2.55. The highest BCUT2D eigenvalue weighted by Crippen LogP contribution is 2.65. The minimum absolute atomic E-state index is 0.0335. The molecule has 294 valence electrons.